The minimum absolute atomic E-state index is 0.00336. The van der Waals surface area contributed by atoms with Crippen molar-refractivity contribution in [2.75, 3.05) is 18.0 Å². The number of carboxylic acid groups (broad SMARTS) is 1. The van der Waals surface area contributed by atoms with Crippen LogP contribution < -0.4 is 4.90 Å². The second kappa shape index (κ2) is 7.67. The second-order valence-corrected chi connectivity index (χ2v) is 7.25. The van der Waals surface area contributed by atoms with E-state index in [9.17, 15) is 33.6 Å². The Morgan fingerprint density at radius 2 is 1.71 bits per heavy atom. The molecule has 0 bridgehead atoms. The second-order valence-electron chi connectivity index (χ2n) is 7.25. The first kappa shape index (κ1) is 19.9. The number of hydrogen-bond donors (Lipinski definition) is 1. The van der Waals surface area contributed by atoms with E-state index in [1.807, 2.05) is 12.1 Å². The highest BCUT2D eigenvalue weighted by molar-refractivity contribution is 5.74. The number of aromatic nitrogens is 1. The van der Waals surface area contributed by atoms with Crippen LogP contribution in [0.4, 0.5) is 19.0 Å². The van der Waals surface area contributed by atoms with E-state index < -0.39 is 37.1 Å². The molecule has 1 aromatic heterocycles. The molecule has 1 saturated heterocycles. The molecule has 0 aromatic carbocycles. The number of pyridine rings is 1. The first-order valence-corrected chi connectivity index (χ1v) is 9.18. The number of nitrogens with zero attached hydrogens (tertiary/aromatic N) is 4. The summed E-state index contributed by atoms with van der Waals surface area (Å²) >= 11 is 0. The number of aliphatic carboxylic acids is 1. The normalized spacial score (nSPS) is 22.5. The van der Waals surface area contributed by atoms with Crippen LogP contribution in [0.25, 0.3) is 0 Å². The highest BCUT2D eigenvalue weighted by Crippen LogP contribution is 2.40. The number of carbonyl (C=O) groups is 1. The molecule has 0 saturated carbocycles. The SMILES string of the molecule is N#Cc1c(N2C[C@@H](C(F)(F)F)[C@H](C(=O)O)C2)nc2c(c1C#N)CCCCCC2. The Kier molecular flexibility index (Phi) is 5.46. The van der Waals surface area contributed by atoms with E-state index in [0.717, 1.165) is 25.7 Å². The van der Waals surface area contributed by atoms with Gasteiger partial charge in [0.05, 0.1) is 17.4 Å². The quantitative estimate of drug-likeness (QED) is 0.830. The smallest absolute Gasteiger partial charge is 0.394 e. The lowest BCUT2D eigenvalue weighted by Gasteiger charge is -2.23. The van der Waals surface area contributed by atoms with Gasteiger partial charge in [0.1, 0.15) is 23.5 Å². The predicted molar refractivity (Wildman–Crippen MR) is 92.4 cm³/mol. The minimum Gasteiger partial charge on any atom is -0.481 e. The van der Waals surface area contributed by atoms with Gasteiger partial charge in [-0.15, -0.1) is 0 Å². The molecule has 1 aliphatic carbocycles. The molecular weight excluding hydrogens is 373 g/mol. The third-order valence-corrected chi connectivity index (χ3v) is 5.54. The van der Waals surface area contributed by atoms with Crippen molar-refractivity contribution < 1.29 is 23.1 Å². The Balaban J connectivity index is 2.09. The molecule has 0 spiro atoms. The number of carboxylic acids is 1. The predicted octanol–water partition coefficient (Wildman–Crippen LogP) is 3.18. The molecule has 1 aliphatic heterocycles. The molecule has 1 N–H and O–H groups in total. The van der Waals surface area contributed by atoms with Gasteiger partial charge in [-0.25, -0.2) is 4.98 Å². The Morgan fingerprint density at radius 3 is 2.25 bits per heavy atom. The third-order valence-electron chi connectivity index (χ3n) is 5.54. The van der Waals surface area contributed by atoms with Gasteiger partial charge < -0.3 is 10.0 Å². The summed E-state index contributed by atoms with van der Waals surface area (Å²) in [6.07, 6.45) is 0.220. The van der Waals surface area contributed by atoms with Crippen LogP contribution in [0.1, 0.15) is 48.1 Å². The maximum Gasteiger partial charge on any atom is 0.394 e. The number of halogens is 3. The molecule has 2 heterocycles. The summed E-state index contributed by atoms with van der Waals surface area (Å²) in [5, 5.41) is 28.5. The number of fused-ring (bicyclic) bond motifs is 1. The van der Waals surface area contributed by atoms with E-state index >= 15 is 0 Å². The molecule has 0 radical (unpaired) electrons. The average molecular weight is 392 g/mol. The first-order valence-electron chi connectivity index (χ1n) is 9.18. The van der Waals surface area contributed by atoms with Gasteiger partial charge in [0.25, 0.3) is 0 Å². The fourth-order valence-electron chi connectivity index (χ4n) is 4.10. The van der Waals surface area contributed by atoms with Crippen LogP contribution >= 0.6 is 0 Å². The van der Waals surface area contributed by atoms with Crippen LogP contribution in [0.3, 0.4) is 0 Å². The zero-order chi connectivity index (χ0) is 20.5. The van der Waals surface area contributed by atoms with Gasteiger partial charge in [-0.3, -0.25) is 4.79 Å². The average Bonchev–Trinajstić information content (AvgIpc) is 3.07. The van der Waals surface area contributed by atoms with Crippen molar-refractivity contribution in [2.45, 2.75) is 44.7 Å². The van der Waals surface area contributed by atoms with E-state index in [0.29, 0.717) is 24.1 Å². The van der Waals surface area contributed by atoms with E-state index in [2.05, 4.69) is 4.98 Å². The van der Waals surface area contributed by atoms with E-state index in [-0.39, 0.29) is 16.9 Å². The maximum absolute atomic E-state index is 13.3. The van der Waals surface area contributed by atoms with Crippen molar-refractivity contribution in [3.63, 3.8) is 0 Å². The number of hydrogen-bond acceptors (Lipinski definition) is 5. The number of anilines is 1. The van der Waals surface area contributed by atoms with Gasteiger partial charge >= 0.3 is 12.1 Å². The molecule has 1 aromatic rings. The van der Waals surface area contributed by atoms with E-state index in [4.69, 9.17) is 0 Å². The molecule has 9 heteroatoms. The molecule has 2 aliphatic rings. The fraction of sp³-hybridized carbons (Fsp3) is 0.579. The lowest BCUT2D eigenvalue weighted by atomic mass is 9.91. The van der Waals surface area contributed by atoms with Crippen LogP contribution in [0.5, 0.6) is 0 Å². The molecular formula is C19H19F3N4O2. The van der Waals surface area contributed by atoms with Crippen LogP contribution in [-0.2, 0) is 17.6 Å². The Bertz CT molecular complexity index is 870. The highest BCUT2D eigenvalue weighted by Gasteiger charge is 2.53. The van der Waals surface area contributed by atoms with Gasteiger partial charge in [-0.1, -0.05) is 12.8 Å². The van der Waals surface area contributed by atoms with Crippen molar-refractivity contribution in [2.24, 2.45) is 11.8 Å². The number of alkyl halides is 3. The van der Waals surface area contributed by atoms with Crippen molar-refractivity contribution >= 4 is 11.8 Å². The molecule has 3 rings (SSSR count). The van der Waals surface area contributed by atoms with Gasteiger partial charge in [0.2, 0.25) is 0 Å². The largest absolute Gasteiger partial charge is 0.481 e. The summed E-state index contributed by atoms with van der Waals surface area (Å²) in [7, 11) is 0. The molecule has 1 fully saturated rings. The zero-order valence-corrected chi connectivity index (χ0v) is 15.1. The van der Waals surface area contributed by atoms with Crippen LogP contribution in [-0.4, -0.2) is 35.3 Å². The number of aryl methyl sites for hydroxylation is 1. The van der Waals surface area contributed by atoms with Crippen molar-refractivity contribution in [3.05, 3.63) is 22.4 Å². The molecule has 6 nitrogen and oxygen atoms in total. The van der Waals surface area contributed by atoms with Crippen LogP contribution in [0.2, 0.25) is 0 Å². The van der Waals surface area contributed by atoms with E-state index in [1.165, 1.54) is 4.90 Å². The Hall–Kier alpha value is -2.81. The monoisotopic (exact) mass is 392 g/mol. The fourth-order valence-corrected chi connectivity index (χ4v) is 4.10. The topological polar surface area (TPSA) is 101 Å². The number of nitriles is 2. The van der Waals surface area contributed by atoms with Crippen molar-refractivity contribution in [1.29, 1.82) is 10.5 Å². The summed E-state index contributed by atoms with van der Waals surface area (Å²) in [6, 6.07) is 3.95. The van der Waals surface area contributed by atoms with Gasteiger partial charge in [0, 0.05) is 18.8 Å². The first-order chi connectivity index (χ1) is 13.3. The van der Waals surface area contributed by atoms with Crippen LogP contribution in [0.15, 0.2) is 0 Å². The molecule has 0 unspecified atom stereocenters. The molecule has 28 heavy (non-hydrogen) atoms. The Morgan fingerprint density at radius 1 is 1.07 bits per heavy atom. The zero-order valence-electron chi connectivity index (χ0n) is 15.1. The maximum atomic E-state index is 13.3. The minimum atomic E-state index is -4.67. The molecule has 148 valence electrons. The molecule has 0 amide bonds. The van der Waals surface area contributed by atoms with Crippen molar-refractivity contribution in [3.8, 4) is 12.1 Å². The summed E-state index contributed by atoms with van der Waals surface area (Å²) in [5.41, 5.74) is 1.43. The standard InChI is InChI=1S/C19H19F3N4O2/c20-19(21,22)15-10-26(9-14(15)18(27)28)17-13(8-24)12(7-23)11-5-3-1-2-4-6-16(11)25-17/h14-15H,1-6,9-10H2,(H,27,28)/t14-,15-/m1/s1. The number of rotatable bonds is 2. The van der Waals surface area contributed by atoms with Gasteiger partial charge in [0.15, 0.2) is 0 Å². The van der Waals surface area contributed by atoms with Crippen molar-refractivity contribution in [1.82, 2.24) is 4.98 Å². The molecule has 2 atom stereocenters. The Labute approximate surface area is 160 Å². The lowest BCUT2D eigenvalue weighted by Crippen LogP contribution is -2.33. The summed E-state index contributed by atoms with van der Waals surface area (Å²) in [4.78, 5) is 17.0. The van der Waals surface area contributed by atoms with E-state index in [1.54, 1.807) is 0 Å². The summed E-state index contributed by atoms with van der Waals surface area (Å²) < 4.78 is 40.0. The van der Waals surface area contributed by atoms with Crippen LogP contribution in [0, 0.1) is 34.5 Å². The summed E-state index contributed by atoms with van der Waals surface area (Å²) in [5.74, 6) is -5.22. The van der Waals surface area contributed by atoms with Gasteiger partial charge in [-0.2, -0.15) is 23.7 Å². The summed E-state index contributed by atoms with van der Waals surface area (Å²) in [6.45, 7) is -0.989. The highest BCUT2D eigenvalue weighted by atomic mass is 19.4. The van der Waals surface area contributed by atoms with Gasteiger partial charge in [-0.05, 0) is 31.2 Å². The lowest BCUT2D eigenvalue weighted by molar-refractivity contribution is -0.187. The third kappa shape index (κ3) is 3.62.